The second kappa shape index (κ2) is 8.66. The minimum atomic E-state index is 0.143. The number of nitrogens with two attached hydrogens (primary N) is 1. The van der Waals surface area contributed by atoms with Gasteiger partial charge < -0.3 is 11.1 Å². The maximum atomic E-state index is 5.51. The Morgan fingerprint density at radius 2 is 1.90 bits per heavy atom. The highest BCUT2D eigenvalue weighted by atomic mass is 14.9. The van der Waals surface area contributed by atoms with Crippen molar-refractivity contribution in [2.75, 3.05) is 18.4 Å². The lowest BCUT2D eigenvalue weighted by Crippen LogP contribution is -2.13. The average Bonchev–Trinajstić information content (AvgIpc) is 2.44. The first kappa shape index (κ1) is 16.6. The van der Waals surface area contributed by atoms with Crippen molar-refractivity contribution in [2.45, 2.75) is 46.5 Å². The summed E-state index contributed by atoms with van der Waals surface area (Å²) < 4.78 is 0. The summed E-state index contributed by atoms with van der Waals surface area (Å²) in [5.41, 5.74) is 7.82. The molecule has 0 spiro atoms. The number of hydrogen-bond acceptors (Lipinski definition) is 2. The molecule has 0 unspecified atom stereocenters. The van der Waals surface area contributed by atoms with Crippen LogP contribution in [-0.2, 0) is 0 Å². The van der Waals surface area contributed by atoms with Gasteiger partial charge in [-0.2, -0.15) is 0 Å². The molecule has 0 radical (unpaired) electrons. The molecule has 0 amide bonds. The minimum absolute atomic E-state index is 0.143. The smallest absolute Gasteiger partial charge is 0.0353 e. The first-order valence-electron chi connectivity index (χ1n) is 7.70. The molecule has 110 valence electrons. The van der Waals surface area contributed by atoms with Gasteiger partial charge in [-0.25, -0.2) is 0 Å². The van der Waals surface area contributed by atoms with Gasteiger partial charge in [0, 0.05) is 29.8 Å². The Morgan fingerprint density at radius 3 is 2.50 bits per heavy atom. The summed E-state index contributed by atoms with van der Waals surface area (Å²) in [6, 6.07) is 8.26. The molecule has 0 aliphatic rings. The Morgan fingerprint density at radius 1 is 1.20 bits per heavy atom. The molecule has 20 heavy (non-hydrogen) atoms. The maximum absolute atomic E-state index is 5.51. The van der Waals surface area contributed by atoms with E-state index in [4.69, 9.17) is 5.73 Å². The van der Waals surface area contributed by atoms with Crippen LogP contribution in [0.15, 0.2) is 24.3 Å². The zero-order valence-corrected chi connectivity index (χ0v) is 13.1. The Bertz CT molecular complexity index is 448. The third kappa shape index (κ3) is 5.67. The fraction of sp³-hybridized carbons (Fsp3) is 0.556. The van der Waals surface area contributed by atoms with Gasteiger partial charge in [0.2, 0.25) is 0 Å². The van der Waals surface area contributed by atoms with E-state index in [0.717, 1.165) is 17.8 Å². The summed E-state index contributed by atoms with van der Waals surface area (Å²) in [4.78, 5) is 0. The monoisotopic (exact) mass is 272 g/mol. The summed E-state index contributed by atoms with van der Waals surface area (Å²) in [5.74, 6) is 6.85. The van der Waals surface area contributed by atoms with Crippen LogP contribution in [0.3, 0.4) is 0 Å². The molecule has 0 bridgehead atoms. The van der Waals surface area contributed by atoms with Crippen LogP contribution >= 0.6 is 0 Å². The van der Waals surface area contributed by atoms with Crippen LogP contribution in [0.25, 0.3) is 0 Å². The van der Waals surface area contributed by atoms with Crippen LogP contribution in [0, 0.1) is 17.3 Å². The Balaban J connectivity index is 2.83. The van der Waals surface area contributed by atoms with Gasteiger partial charge in [0.1, 0.15) is 0 Å². The summed E-state index contributed by atoms with van der Waals surface area (Å²) in [6.45, 7) is 8.17. The van der Waals surface area contributed by atoms with Crippen molar-refractivity contribution in [1.29, 1.82) is 0 Å². The van der Waals surface area contributed by atoms with E-state index in [2.05, 4.69) is 56.1 Å². The lowest BCUT2D eigenvalue weighted by Gasteiger charge is -2.22. The predicted octanol–water partition coefficient (Wildman–Crippen LogP) is 4.02. The van der Waals surface area contributed by atoms with Crippen molar-refractivity contribution in [2.24, 2.45) is 11.1 Å². The number of benzene rings is 1. The molecule has 2 nitrogen and oxygen atoms in total. The van der Waals surface area contributed by atoms with Crippen molar-refractivity contribution in [3.8, 4) is 11.8 Å². The van der Waals surface area contributed by atoms with Gasteiger partial charge in [0.15, 0.2) is 0 Å². The third-order valence-electron chi connectivity index (χ3n) is 3.45. The molecule has 1 aromatic rings. The molecule has 2 heteroatoms. The first-order chi connectivity index (χ1) is 9.63. The zero-order chi connectivity index (χ0) is 14.8. The number of nitrogens with one attached hydrogen (secondary N) is 1. The van der Waals surface area contributed by atoms with E-state index >= 15 is 0 Å². The summed E-state index contributed by atoms with van der Waals surface area (Å²) in [5, 5.41) is 3.29. The van der Waals surface area contributed by atoms with Gasteiger partial charge in [-0.3, -0.25) is 0 Å². The van der Waals surface area contributed by atoms with Crippen molar-refractivity contribution in [1.82, 2.24) is 0 Å². The molecule has 0 atom stereocenters. The van der Waals surface area contributed by atoms with Crippen LogP contribution in [0.2, 0.25) is 0 Å². The SMILES string of the molecule is CCCC(C)(C#Cc1cccc(NCCN)c1)CCC. The van der Waals surface area contributed by atoms with E-state index in [-0.39, 0.29) is 5.41 Å². The molecule has 0 heterocycles. The van der Waals surface area contributed by atoms with Gasteiger partial charge in [0.25, 0.3) is 0 Å². The summed E-state index contributed by atoms with van der Waals surface area (Å²) in [7, 11) is 0. The van der Waals surface area contributed by atoms with Gasteiger partial charge in [0.05, 0.1) is 0 Å². The van der Waals surface area contributed by atoms with Crippen LogP contribution in [-0.4, -0.2) is 13.1 Å². The molecule has 0 fully saturated rings. The molecule has 1 aromatic carbocycles. The highest BCUT2D eigenvalue weighted by molar-refractivity contribution is 5.50. The van der Waals surface area contributed by atoms with Crippen LogP contribution in [0.5, 0.6) is 0 Å². The predicted molar refractivity (Wildman–Crippen MR) is 88.8 cm³/mol. The lowest BCUT2D eigenvalue weighted by molar-refractivity contribution is 0.370. The third-order valence-corrected chi connectivity index (χ3v) is 3.45. The average molecular weight is 272 g/mol. The molecular weight excluding hydrogens is 244 g/mol. The second-order valence-electron chi connectivity index (χ2n) is 5.61. The van der Waals surface area contributed by atoms with Gasteiger partial charge in [-0.15, -0.1) is 0 Å². The minimum Gasteiger partial charge on any atom is -0.384 e. The Labute approximate surface area is 124 Å². The number of rotatable bonds is 7. The topological polar surface area (TPSA) is 38.0 Å². The molecular formula is C18H28N2. The van der Waals surface area contributed by atoms with Crippen molar-refractivity contribution in [3.05, 3.63) is 29.8 Å². The number of anilines is 1. The molecule has 0 saturated carbocycles. The van der Waals surface area contributed by atoms with E-state index in [1.165, 1.54) is 25.7 Å². The summed E-state index contributed by atoms with van der Waals surface area (Å²) in [6.07, 6.45) is 4.70. The lowest BCUT2D eigenvalue weighted by atomic mass is 9.82. The van der Waals surface area contributed by atoms with Crippen molar-refractivity contribution < 1.29 is 0 Å². The molecule has 0 saturated heterocycles. The van der Waals surface area contributed by atoms with Gasteiger partial charge in [-0.05, 0) is 38.0 Å². The van der Waals surface area contributed by atoms with E-state index in [1.807, 2.05) is 6.07 Å². The highest BCUT2D eigenvalue weighted by Gasteiger charge is 2.18. The fourth-order valence-electron chi connectivity index (χ4n) is 2.50. The molecule has 3 N–H and O–H groups in total. The highest BCUT2D eigenvalue weighted by Crippen LogP contribution is 2.28. The largest absolute Gasteiger partial charge is 0.384 e. The van der Waals surface area contributed by atoms with Crippen LogP contribution in [0.1, 0.15) is 52.0 Å². The van der Waals surface area contributed by atoms with E-state index in [0.29, 0.717) is 6.54 Å². The molecule has 0 aliphatic heterocycles. The van der Waals surface area contributed by atoms with E-state index < -0.39 is 0 Å². The number of hydrogen-bond donors (Lipinski definition) is 2. The van der Waals surface area contributed by atoms with E-state index in [9.17, 15) is 0 Å². The Kier molecular flexibility index (Phi) is 7.18. The maximum Gasteiger partial charge on any atom is 0.0353 e. The quantitative estimate of drug-likeness (QED) is 0.736. The van der Waals surface area contributed by atoms with Gasteiger partial charge in [-0.1, -0.05) is 44.6 Å². The summed E-state index contributed by atoms with van der Waals surface area (Å²) >= 11 is 0. The first-order valence-corrected chi connectivity index (χ1v) is 7.70. The fourth-order valence-corrected chi connectivity index (χ4v) is 2.50. The molecule has 0 aromatic heterocycles. The molecule has 1 rings (SSSR count). The standard InChI is InChI=1S/C18H28N2/c1-4-10-18(3,11-5-2)12-9-16-7-6-8-17(15-16)20-14-13-19/h6-8,15,20H,4-5,10-11,13-14,19H2,1-3H3. The van der Waals surface area contributed by atoms with Crippen LogP contribution in [0.4, 0.5) is 5.69 Å². The van der Waals surface area contributed by atoms with Crippen molar-refractivity contribution in [3.63, 3.8) is 0 Å². The second-order valence-corrected chi connectivity index (χ2v) is 5.61. The zero-order valence-electron chi connectivity index (χ0n) is 13.1. The normalized spacial score (nSPS) is 10.8. The Hall–Kier alpha value is -1.46. The van der Waals surface area contributed by atoms with E-state index in [1.54, 1.807) is 0 Å². The van der Waals surface area contributed by atoms with Crippen LogP contribution < -0.4 is 11.1 Å². The molecule has 0 aliphatic carbocycles. The van der Waals surface area contributed by atoms with Crippen molar-refractivity contribution >= 4 is 5.69 Å². The van der Waals surface area contributed by atoms with Gasteiger partial charge >= 0.3 is 0 Å².